The van der Waals surface area contributed by atoms with E-state index < -0.39 is 24.3 Å². The number of nitrogens with zero attached hydrogens (tertiary/aromatic N) is 6. The van der Waals surface area contributed by atoms with Crippen molar-refractivity contribution in [3.63, 3.8) is 0 Å². The van der Waals surface area contributed by atoms with Crippen molar-refractivity contribution in [3.05, 3.63) is 71.7 Å². The van der Waals surface area contributed by atoms with Crippen molar-refractivity contribution in [2.75, 3.05) is 44.6 Å². The van der Waals surface area contributed by atoms with Crippen molar-refractivity contribution >= 4 is 29.0 Å². The van der Waals surface area contributed by atoms with Crippen molar-refractivity contribution in [1.29, 1.82) is 5.26 Å². The number of amides is 2. The molecule has 232 valence electrons. The van der Waals surface area contributed by atoms with E-state index in [1.807, 2.05) is 13.0 Å². The molecule has 12 nitrogen and oxygen atoms in total. The molecule has 0 radical (unpaired) electrons. The summed E-state index contributed by atoms with van der Waals surface area (Å²) in [5, 5.41) is 24.6. The largest absolute Gasteiger partial charge is 0.476 e. The van der Waals surface area contributed by atoms with Crippen LogP contribution in [0.4, 0.5) is 20.3 Å². The van der Waals surface area contributed by atoms with Gasteiger partial charge in [-0.2, -0.15) is 9.65 Å². The number of aliphatic hydroxyl groups excluding tert-OH is 1. The molecule has 2 aromatic heterocycles. The number of carbonyl (C=O) groups is 2. The second kappa shape index (κ2) is 12.5. The molecule has 0 bridgehead atoms. The van der Waals surface area contributed by atoms with Crippen LogP contribution in [0.25, 0.3) is 16.9 Å². The number of halogens is 2. The number of anilines is 2. The fourth-order valence-corrected chi connectivity index (χ4v) is 5.70. The minimum absolute atomic E-state index is 0.0423. The molecule has 2 fully saturated rings. The van der Waals surface area contributed by atoms with Gasteiger partial charge in [0.05, 0.1) is 24.0 Å². The molecular weight excluding hydrogens is 586 g/mol. The minimum Gasteiger partial charge on any atom is -0.476 e. The van der Waals surface area contributed by atoms with E-state index in [1.54, 1.807) is 38.6 Å². The van der Waals surface area contributed by atoms with Crippen molar-refractivity contribution in [2.24, 2.45) is 0 Å². The molecule has 2 aliphatic rings. The number of nitriles is 1. The number of imidazole rings is 1. The van der Waals surface area contributed by atoms with Gasteiger partial charge in [-0.05, 0) is 49.2 Å². The van der Waals surface area contributed by atoms with Gasteiger partial charge >= 0.3 is 0 Å². The number of rotatable bonds is 7. The molecular formula is C31H30F2N8O4. The fourth-order valence-electron chi connectivity index (χ4n) is 5.70. The Labute approximate surface area is 256 Å². The van der Waals surface area contributed by atoms with Crippen LogP contribution in [0.5, 0.6) is 5.75 Å². The number of hydrogen-bond acceptors (Lipinski definition) is 9. The van der Waals surface area contributed by atoms with E-state index >= 15 is 0 Å². The molecule has 2 atom stereocenters. The van der Waals surface area contributed by atoms with Crippen LogP contribution in [0.15, 0.2) is 48.9 Å². The Morgan fingerprint density at radius 1 is 1.13 bits per heavy atom. The van der Waals surface area contributed by atoms with Crippen molar-refractivity contribution in [1.82, 2.24) is 29.5 Å². The van der Waals surface area contributed by atoms with E-state index in [2.05, 4.69) is 20.6 Å². The summed E-state index contributed by atoms with van der Waals surface area (Å²) in [6.07, 6.45) is 4.37. The van der Waals surface area contributed by atoms with E-state index in [9.17, 15) is 23.5 Å². The zero-order valence-corrected chi connectivity index (χ0v) is 24.3. The topological polar surface area (TPSA) is 148 Å². The van der Waals surface area contributed by atoms with E-state index in [1.165, 1.54) is 24.5 Å². The molecule has 4 heterocycles. The highest BCUT2D eigenvalue weighted by Crippen LogP contribution is 2.32. The van der Waals surface area contributed by atoms with Crippen LogP contribution in [-0.2, 0) is 4.79 Å². The van der Waals surface area contributed by atoms with Gasteiger partial charge in [-0.25, -0.2) is 14.4 Å². The van der Waals surface area contributed by atoms with E-state index in [-0.39, 0.29) is 34.9 Å². The number of aryl methyl sites for hydroxylation is 1. The Bertz CT molecular complexity index is 1820. The lowest BCUT2D eigenvalue weighted by molar-refractivity contribution is -0.134. The van der Waals surface area contributed by atoms with Crippen LogP contribution >= 0.6 is 0 Å². The predicted molar refractivity (Wildman–Crippen MR) is 159 cm³/mol. The molecule has 4 aromatic rings. The average molecular weight is 617 g/mol. The highest BCUT2D eigenvalue weighted by atomic mass is 19.2. The smallest absolute Gasteiger partial charge is 0.254 e. The number of carbonyl (C=O) groups excluding carboxylic acids is 2. The quantitative estimate of drug-likeness (QED) is 0.285. The summed E-state index contributed by atoms with van der Waals surface area (Å²) in [6.45, 7) is 3.50. The summed E-state index contributed by atoms with van der Waals surface area (Å²) in [5.74, 6) is -2.50. The summed E-state index contributed by atoms with van der Waals surface area (Å²) < 4.78 is 36.1. The van der Waals surface area contributed by atoms with Gasteiger partial charge in [-0.3, -0.25) is 14.0 Å². The number of piperazine rings is 1. The first-order valence-electron chi connectivity index (χ1n) is 14.4. The SMILES string of the molecule is Cc1cc(Nc2nccn3c(-c4ccc(OCC#N)c(F)c4F)cnc23)ccc1C(=O)N1CCN(C(=O)C2C[C@H](O)CN2)CC1. The third-order valence-corrected chi connectivity index (χ3v) is 8.05. The number of hydrogen-bond donors (Lipinski definition) is 3. The molecule has 2 amide bonds. The molecule has 14 heteroatoms. The van der Waals surface area contributed by atoms with Crippen LogP contribution in [0.1, 0.15) is 22.3 Å². The summed E-state index contributed by atoms with van der Waals surface area (Å²) in [4.78, 5) is 38.3. The van der Waals surface area contributed by atoms with E-state index in [0.29, 0.717) is 61.9 Å². The van der Waals surface area contributed by atoms with E-state index in [4.69, 9.17) is 10.00 Å². The van der Waals surface area contributed by atoms with Gasteiger partial charge in [0.2, 0.25) is 11.7 Å². The number of ether oxygens (including phenoxy) is 1. The molecule has 1 unspecified atom stereocenters. The maximum atomic E-state index is 15.0. The number of β-amino-alcohol motifs (C(OH)–C–C–N with tert-alkyl or cyclic N) is 1. The summed E-state index contributed by atoms with van der Waals surface area (Å²) in [6, 6.07) is 9.25. The molecule has 45 heavy (non-hydrogen) atoms. The predicted octanol–water partition coefficient (Wildman–Crippen LogP) is 2.64. The number of aliphatic hydroxyl groups is 1. The maximum Gasteiger partial charge on any atom is 0.254 e. The molecule has 6 rings (SSSR count). The van der Waals surface area contributed by atoms with Gasteiger partial charge in [-0.1, -0.05) is 0 Å². The minimum atomic E-state index is -1.20. The Morgan fingerprint density at radius 3 is 2.62 bits per heavy atom. The van der Waals surface area contributed by atoms with Gasteiger partial charge in [0.1, 0.15) is 6.07 Å². The molecule has 3 N–H and O–H groups in total. The summed E-state index contributed by atoms with van der Waals surface area (Å²) in [7, 11) is 0. The lowest BCUT2D eigenvalue weighted by Crippen LogP contribution is -2.54. The Morgan fingerprint density at radius 2 is 1.91 bits per heavy atom. The van der Waals surface area contributed by atoms with Crippen molar-refractivity contribution in [3.8, 4) is 23.1 Å². The highest BCUT2D eigenvalue weighted by Gasteiger charge is 2.33. The first kappa shape index (κ1) is 29.9. The van der Waals surface area contributed by atoms with Crippen LogP contribution in [0.3, 0.4) is 0 Å². The maximum absolute atomic E-state index is 15.0. The fraction of sp³-hybridized carbons (Fsp3) is 0.323. The Balaban J connectivity index is 1.15. The lowest BCUT2D eigenvalue weighted by Gasteiger charge is -2.36. The van der Waals surface area contributed by atoms with Gasteiger partial charge in [0, 0.05) is 61.9 Å². The summed E-state index contributed by atoms with van der Waals surface area (Å²) in [5.41, 5.74) is 2.53. The first-order valence-corrected chi connectivity index (χ1v) is 14.4. The van der Waals surface area contributed by atoms with Gasteiger partial charge in [0.25, 0.3) is 5.91 Å². The third kappa shape index (κ3) is 5.87. The molecule has 2 aliphatic heterocycles. The van der Waals surface area contributed by atoms with E-state index in [0.717, 1.165) is 5.56 Å². The number of nitrogens with one attached hydrogen (secondary N) is 2. The normalized spacial score (nSPS) is 18.2. The number of aromatic nitrogens is 3. The Kier molecular flexibility index (Phi) is 8.29. The van der Waals surface area contributed by atoms with Gasteiger partial charge in [0.15, 0.2) is 29.6 Å². The number of fused-ring (bicyclic) bond motifs is 1. The second-order valence-electron chi connectivity index (χ2n) is 10.9. The summed E-state index contributed by atoms with van der Waals surface area (Å²) >= 11 is 0. The third-order valence-electron chi connectivity index (χ3n) is 8.05. The molecule has 0 saturated carbocycles. The average Bonchev–Trinajstić information content (AvgIpc) is 3.68. The molecule has 2 aromatic carbocycles. The van der Waals surface area contributed by atoms with Crippen molar-refractivity contribution in [2.45, 2.75) is 25.5 Å². The molecule has 0 spiro atoms. The van der Waals surface area contributed by atoms with Crippen LogP contribution < -0.4 is 15.4 Å². The number of benzene rings is 2. The molecule has 0 aliphatic carbocycles. The zero-order valence-electron chi connectivity index (χ0n) is 24.3. The lowest BCUT2D eigenvalue weighted by atomic mass is 10.1. The molecule has 2 saturated heterocycles. The van der Waals surface area contributed by atoms with Crippen LogP contribution in [0, 0.1) is 29.9 Å². The van der Waals surface area contributed by atoms with Crippen molar-refractivity contribution < 1.29 is 28.2 Å². The monoisotopic (exact) mass is 616 g/mol. The zero-order chi connectivity index (χ0) is 31.7. The van der Waals surface area contributed by atoms with Gasteiger partial charge in [-0.15, -0.1) is 0 Å². The standard InChI is InChI=1S/C31H30F2N8O4/c1-18-14-19(2-3-21(18)30(43)39-9-11-40(12-10-39)31(44)23-15-20(42)16-36-23)38-28-29-37-17-24(41(29)8-7-35-28)22-4-5-25(45-13-6-34)27(33)26(22)32/h2-5,7-8,14,17,20,23,36,42H,9-13,15-16H2,1H3,(H,35,38)/t20-,23?/m0/s1. The van der Waals surface area contributed by atoms with Crippen LogP contribution in [0.2, 0.25) is 0 Å². The second-order valence-corrected chi connectivity index (χ2v) is 10.9. The Hall–Kier alpha value is -5.13. The van der Waals surface area contributed by atoms with Crippen LogP contribution in [-0.4, -0.2) is 92.6 Å². The van der Waals surface area contributed by atoms with Gasteiger partial charge < -0.3 is 30.3 Å². The highest BCUT2D eigenvalue weighted by molar-refractivity contribution is 5.96. The first-order chi connectivity index (χ1) is 21.7.